The summed E-state index contributed by atoms with van der Waals surface area (Å²) in [6, 6.07) is 4.58. The second-order valence-corrected chi connectivity index (χ2v) is 4.03. The molecular weight excluding hydrogens is 246 g/mol. The van der Waals surface area contributed by atoms with Crippen molar-refractivity contribution in [3.8, 4) is 0 Å². The fraction of sp³-hybridized carbons (Fsp3) is 0.154. The van der Waals surface area contributed by atoms with Crippen LogP contribution in [0.15, 0.2) is 30.9 Å². The van der Waals surface area contributed by atoms with Gasteiger partial charge in [0.2, 0.25) is 0 Å². The van der Waals surface area contributed by atoms with Crippen molar-refractivity contribution < 1.29 is 14.4 Å². The standard InChI is InChI=1S/C13H13N3O3/c1-2-6-15-7-10(17)16-12(18)8-4-3-5-9(14)11(8)13(16)19/h2-5,15H,1,6-7,14H2. The van der Waals surface area contributed by atoms with Gasteiger partial charge in [0, 0.05) is 12.2 Å². The highest BCUT2D eigenvalue weighted by Gasteiger charge is 2.40. The Balaban J connectivity index is 2.25. The largest absolute Gasteiger partial charge is 0.398 e. The third-order valence-corrected chi connectivity index (χ3v) is 2.76. The number of carbonyl (C=O) groups excluding carboxylic acids is 3. The first-order chi connectivity index (χ1) is 9.07. The number of nitrogens with two attached hydrogens (primary N) is 1. The van der Waals surface area contributed by atoms with Crippen LogP contribution in [0.4, 0.5) is 5.69 Å². The van der Waals surface area contributed by atoms with Crippen LogP contribution >= 0.6 is 0 Å². The third-order valence-electron chi connectivity index (χ3n) is 2.76. The number of nitrogen functional groups attached to an aromatic ring is 1. The normalized spacial score (nSPS) is 13.6. The fourth-order valence-corrected chi connectivity index (χ4v) is 1.90. The molecule has 1 aromatic carbocycles. The summed E-state index contributed by atoms with van der Waals surface area (Å²) in [6.07, 6.45) is 1.58. The van der Waals surface area contributed by atoms with E-state index < -0.39 is 17.7 Å². The van der Waals surface area contributed by atoms with Gasteiger partial charge in [0.25, 0.3) is 17.7 Å². The van der Waals surface area contributed by atoms with Crippen LogP contribution in [0.3, 0.4) is 0 Å². The third kappa shape index (κ3) is 2.13. The molecule has 1 aliphatic heterocycles. The molecule has 1 aromatic rings. The Kier molecular flexibility index (Phi) is 3.43. The van der Waals surface area contributed by atoms with Gasteiger partial charge < -0.3 is 11.1 Å². The van der Waals surface area contributed by atoms with Crippen molar-refractivity contribution in [2.75, 3.05) is 18.8 Å². The molecule has 0 unspecified atom stereocenters. The Morgan fingerprint density at radius 1 is 1.37 bits per heavy atom. The van der Waals surface area contributed by atoms with Crippen LogP contribution in [0, 0.1) is 0 Å². The minimum Gasteiger partial charge on any atom is -0.398 e. The highest BCUT2D eigenvalue weighted by atomic mass is 16.2. The molecule has 0 radical (unpaired) electrons. The first-order valence-corrected chi connectivity index (χ1v) is 5.69. The molecule has 3 amide bonds. The van der Waals surface area contributed by atoms with Crippen LogP contribution in [-0.2, 0) is 4.79 Å². The van der Waals surface area contributed by atoms with Crippen molar-refractivity contribution in [3.05, 3.63) is 42.0 Å². The molecule has 1 heterocycles. The Bertz CT molecular complexity index is 580. The summed E-state index contributed by atoms with van der Waals surface area (Å²) in [6.45, 7) is 3.79. The van der Waals surface area contributed by atoms with Crippen LogP contribution < -0.4 is 11.1 Å². The predicted molar refractivity (Wildman–Crippen MR) is 69.4 cm³/mol. The first-order valence-electron chi connectivity index (χ1n) is 5.69. The number of hydrogen-bond acceptors (Lipinski definition) is 5. The Morgan fingerprint density at radius 3 is 2.74 bits per heavy atom. The lowest BCUT2D eigenvalue weighted by Crippen LogP contribution is -2.41. The monoisotopic (exact) mass is 259 g/mol. The molecule has 6 heteroatoms. The molecule has 0 fully saturated rings. The van der Waals surface area contributed by atoms with Gasteiger partial charge >= 0.3 is 0 Å². The minimum absolute atomic E-state index is 0.101. The number of imide groups is 3. The van der Waals surface area contributed by atoms with Gasteiger partial charge in [-0.1, -0.05) is 12.1 Å². The summed E-state index contributed by atoms with van der Waals surface area (Å²) in [5.41, 5.74) is 6.14. The van der Waals surface area contributed by atoms with Gasteiger partial charge in [0.05, 0.1) is 17.7 Å². The van der Waals surface area contributed by atoms with Crippen molar-refractivity contribution >= 4 is 23.4 Å². The topological polar surface area (TPSA) is 92.5 Å². The summed E-state index contributed by atoms with van der Waals surface area (Å²) >= 11 is 0. The highest BCUT2D eigenvalue weighted by Crippen LogP contribution is 2.27. The zero-order valence-corrected chi connectivity index (χ0v) is 10.2. The van der Waals surface area contributed by atoms with Gasteiger partial charge in [-0.3, -0.25) is 14.4 Å². The van der Waals surface area contributed by atoms with Crippen molar-refractivity contribution in [1.82, 2.24) is 10.2 Å². The van der Waals surface area contributed by atoms with E-state index in [1.165, 1.54) is 12.1 Å². The summed E-state index contributed by atoms with van der Waals surface area (Å²) in [5.74, 6) is -1.89. The lowest BCUT2D eigenvalue weighted by Gasteiger charge is -2.11. The number of nitrogens with zero attached hydrogens (tertiary/aromatic N) is 1. The zero-order chi connectivity index (χ0) is 14.0. The van der Waals surface area contributed by atoms with E-state index in [-0.39, 0.29) is 23.4 Å². The highest BCUT2D eigenvalue weighted by molar-refractivity contribution is 6.30. The Labute approximate surface area is 109 Å². The van der Waals surface area contributed by atoms with Crippen molar-refractivity contribution in [2.24, 2.45) is 0 Å². The summed E-state index contributed by atoms with van der Waals surface area (Å²) in [7, 11) is 0. The molecule has 0 saturated heterocycles. The van der Waals surface area contributed by atoms with Crippen LogP contribution in [0.1, 0.15) is 20.7 Å². The maximum atomic E-state index is 12.1. The predicted octanol–water partition coefficient (Wildman–Crippen LogP) is 0.167. The maximum Gasteiger partial charge on any atom is 0.270 e. The molecule has 19 heavy (non-hydrogen) atoms. The van der Waals surface area contributed by atoms with E-state index in [4.69, 9.17) is 5.73 Å². The summed E-state index contributed by atoms with van der Waals surface area (Å²) in [4.78, 5) is 36.6. The quantitative estimate of drug-likeness (QED) is 0.348. The number of hydrogen-bond donors (Lipinski definition) is 2. The van der Waals surface area contributed by atoms with E-state index in [0.29, 0.717) is 11.4 Å². The number of anilines is 1. The van der Waals surface area contributed by atoms with Crippen LogP contribution in [-0.4, -0.2) is 35.7 Å². The van der Waals surface area contributed by atoms with Crippen molar-refractivity contribution in [1.29, 1.82) is 0 Å². The number of benzene rings is 1. The van der Waals surface area contributed by atoms with E-state index in [0.717, 1.165) is 0 Å². The van der Waals surface area contributed by atoms with Gasteiger partial charge in [0.1, 0.15) is 0 Å². The average molecular weight is 259 g/mol. The lowest BCUT2D eigenvalue weighted by atomic mass is 10.1. The molecular formula is C13H13N3O3. The van der Waals surface area contributed by atoms with Gasteiger partial charge in [-0.05, 0) is 12.1 Å². The SMILES string of the molecule is C=CCNCC(=O)N1C(=O)c2cccc(N)c2C1=O. The van der Waals surface area contributed by atoms with E-state index in [1.807, 2.05) is 0 Å². The molecule has 0 aromatic heterocycles. The zero-order valence-electron chi connectivity index (χ0n) is 10.2. The minimum atomic E-state index is -0.663. The average Bonchev–Trinajstić information content (AvgIpc) is 2.63. The Morgan fingerprint density at radius 2 is 2.11 bits per heavy atom. The van der Waals surface area contributed by atoms with E-state index in [1.54, 1.807) is 12.1 Å². The van der Waals surface area contributed by atoms with Gasteiger partial charge in [-0.25, -0.2) is 4.90 Å². The van der Waals surface area contributed by atoms with E-state index in [9.17, 15) is 14.4 Å². The smallest absolute Gasteiger partial charge is 0.270 e. The van der Waals surface area contributed by atoms with Gasteiger partial charge in [-0.2, -0.15) is 0 Å². The number of carbonyl (C=O) groups is 3. The van der Waals surface area contributed by atoms with Gasteiger partial charge in [-0.15, -0.1) is 6.58 Å². The molecule has 3 N–H and O–H groups in total. The second-order valence-electron chi connectivity index (χ2n) is 4.03. The number of nitrogens with one attached hydrogen (secondary N) is 1. The molecule has 0 bridgehead atoms. The number of rotatable bonds is 4. The van der Waals surface area contributed by atoms with Crippen LogP contribution in [0.2, 0.25) is 0 Å². The summed E-state index contributed by atoms with van der Waals surface area (Å²) in [5, 5.41) is 2.75. The summed E-state index contributed by atoms with van der Waals surface area (Å²) < 4.78 is 0. The molecule has 0 spiro atoms. The first kappa shape index (κ1) is 13.0. The molecule has 6 nitrogen and oxygen atoms in total. The number of amides is 3. The molecule has 1 aliphatic rings. The van der Waals surface area contributed by atoms with Crippen molar-refractivity contribution in [2.45, 2.75) is 0 Å². The molecule has 0 atom stereocenters. The van der Waals surface area contributed by atoms with Gasteiger partial charge in [0.15, 0.2) is 0 Å². The second kappa shape index (κ2) is 5.03. The maximum absolute atomic E-state index is 12.1. The molecule has 98 valence electrons. The van der Waals surface area contributed by atoms with Crippen LogP contribution in [0.5, 0.6) is 0 Å². The molecule has 0 aliphatic carbocycles. The lowest BCUT2D eigenvalue weighted by molar-refractivity contribution is -0.125. The van der Waals surface area contributed by atoms with Crippen LogP contribution in [0.25, 0.3) is 0 Å². The Hall–Kier alpha value is -2.47. The molecule has 2 rings (SSSR count). The van der Waals surface area contributed by atoms with E-state index in [2.05, 4.69) is 11.9 Å². The fourth-order valence-electron chi connectivity index (χ4n) is 1.90. The van der Waals surface area contributed by atoms with E-state index >= 15 is 0 Å². The number of fused-ring (bicyclic) bond motifs is 1. The molecule has 0 saturated carbocycles. The van der Waals surface area contributed by atoms with Crippen molar-refractivity contribution in [3.63, 3.8) is 0 Å².